The molecular weight excluding hydrogens is 472 g/mol. The molecule has 11 heteroatoms. The topological polar surface area (TPSA) is 87.8 Å². The molecule has 34 heavy (non-hydrogen) atoms. The van der Waals surface area contributed by atoms with E-state index in [1.54, 1.807) is 17.7 Å². The van der Waals surface area contributed by atoms with E-state index in [-0.39, 0.29) is 17.3 Å². The highest BCUT2D eigenvalue weighted by molar-refractivity contribution is 7.89. The Morgan fingerprint density at radius 3 is 2.38 bits per heavy atom. The van der Waals surface area contributed by atoms with Crippen molar-refractivity contribution in [2.75, 3.05) is 0 Å². The van der Waals surface area contributed by atoms with Gasteiger partial charge in [0.05, 0.1) is 22.5 Å². The van der Waals surface area contributed by atoms with Crippen LogP contribution in [0, 0.1) is 24.1 Å². The SMILES string of the molecule is Cc1cc2c(cc1F)c(C#N)c(-c1ccc(S(=O)(=O)NC(C)(C)C(F)(F)F)cn1)n2C1CCC1. The minimum absolute atomic E-state index is 0.0731. The third-order valence-corrected chi connectivity index (χ3v) is 7.86. The van der Waals surface area contributed by atoms with Gasteiger partial charge >= 0.3 is 6.18 Å². The van der Waals surface area contributed by atoms with Crippen LogP contribution in [0.1, 0.15) is 50.3 Å². The number of nitrogens with one attached hydrogen (secondary N) is 1. The number of aryl methyl sites for hydroxylation is 1. The summed E-state index contributed by atoms with van der Waals surface area (Å²) in [6.07, 6.45) is -1.12. The zero-order chi connectivity index (χ0) is 25.1. The number of alkyl halides is 3. The summed E-state index contributed by atoms with van der Waals surface area (Å²) < 4.78 is 82.5. The number of hydrogen-bond donors (Lipinski definition) is 1. The second-order valence-corrected chi connectivity index (χ2v) is 10.7. The van der Waals surface area contributed by atoms with Gasteiger partial charge in [0.25, 0.3) is 0 Å². The van der Waals surface area contributed by atoms with Crippen molar-refractivity contribution in [2.24, 2.45) is 0 Å². The number of benzene rings is 1. The van der Waals surface area contributed by atoms with E-state index in [0.717, 1.165) is 45.4 Å². The normalized spacial score (nSPS) is 15.4. The smallest absolute Gasteiger partial charge is 0.335 e. The Bertz CT molecular complexity index is 1410. The lowest BCUT2D eigenvalue weighted by Gasteiger charge is -2.30. The predicted octanol–water partition coefficient (Wildman–Crippen LogP) is 5.37. The zero-order valence-corrected chi connectivity index (χ0v) is 19.5. The Hall–Kier alpha value is -2.97. The number of fused-ring (bicyclic) bond motifs is 1. The molecule has 0 amide bonds. The lowest BCUT2D eigenvalue weighted by molar-refractivity contribution is -0.180. The van der Waals surface area contributed by atoms with Crippen LogP contribution in [-0.2, 0) is 10.0 Å². The number of aromatic nitrogens is 2. The van der Waals surface area contributed by atoms with Crippen molar-refractivity contribution in [1.29, 1.82) is 5.26 Å². The second-order valence-electron chi connectivity index (χ2n) is 9.02. The molecule has 1 aromatic carbocycles. The minimum Gasteiger partial charge on any atom is -0.335 e. The van der Waals surface area contributed by atoms with Crippen LogP contribution >= 0.6 is 0 Å². The molecule has 1 aliphatic rings. The van der Waals surface area contributed by atoms with Crippen molar-refractivity contribution < 1.29 is 26.0 Å². The first kappa shape index (κ1) is 24.2. The van der Waals surface area contributed by atoms with Crippen molar-refractivity contribution >= 4 is 20.9 Å². The Labute approximate surface area is 194 Å². The van der Waals surface area contributed by atoms with Crippen molar-refractivity contribution in [3.05, 3.63) is 47.4 Å². The number of sulfonamides is 1. The Morgan fingerprint density at radius 2 is 1.88 bits per heavy atom. The van der Waals surface area contributed by atoms with Crippen molar-refractivity contribution in [2.45, 2.75) is 62.7 Å². The lowest BCUT2D eigenvalue weighted by atomic mass is 9.92. The maximum Gasteiger partial charge on any atom is 0.407 e. The summed E-state index contributed by atoms with van der Waals surface area (Å²) in [7, 11) is -4.53. The molecule has 180 valence electrons. The molecule has 2 aromatic heterocycles. The number of halogens is 4. The fourth-order valence-corrected chi connectivity index (χ4v) is 5.30. The first-order valence-corrected chi connectivity index (χ1v) is 12.1. The van der Waals surface area contributed by atoms with E-state index in [9.17, 15) is 31.2 Å². The summed E-state index contributed by atoms with van der Waals surface area (Å²) in [4.78, 5) is 3.75. The summed E-state index contributed by atoms with van der Waals surface area (Å²) in [6, 6.07) is 7.67. The number of nitriles is 1. The maximum absolute atomic E-state index is 14.3. The molecule has 2 heterocycles. The minimum atomic E-state index is -4.80. The molecule has 0 aliphatic heterocycles. The average Bonchev–Trinajstić information content (AvgIpc) is 2.98. The highest BCUT2D eigenvalue weighted by Crippen LogP contribution is 2.42. The van der Waals surface area contributed by atoms with Crippen LogP contribution < -0.4 is 4.72 Å². The monoisotopic (exact) mass is 494 g/mol. The first-order chi connectivity index (χ1) is 15.8. The highest BCUT2D eigenvalue weighted by atomic mass is 32.2. The standard InChI is InChI=1S/C23H22F4N4O2S/c1-13-9-20-16(10-18(13)24)17(11-28)21(31(20)14-5-4-6-14)19-8-7-15(12-29-19)34(32,33)30-22(2,3)23(25,26)27/h7-10,12,14,30H,4-6H2,1-3H3. The first-order valence-electron chi connectivity index (χ1n) is 10.6. The van der Waals surface area contributed by atoms with Crippen molar-refractivity contribution in [3.8, 4) is 17.5 Å². The Kier molecular flexibility index (Phi) is 5.73. The largest absolute Gasteiger partial charge is 0.407 e. The summed E-state index contributed by atoms with van der Waals surface area (Å²) in [5, 5.41) is 10.3. The van der Waals surface area contributed by atoms with E-state index >= 15 is 0 Å². The van der Waals surface area contributed by atoms with Crippen LogP contribution in [0.2, 0.25) is 0 Å². The van der Waals surface area contributed by atoms with Crippen LogP contribution in [0.4, 0.5) is 17.6 Å². The van der Waals surface area contributed by atoms with Crippen LogP contribution in [0.3, 0.4) is 0 Å². The van der Waals surface area contributed by atoms with E-state index in [1.165, 1.54) is 12.1 Å². The van der Waals surface area contributed by atoms with Crippen LogP contribution in [0.5, 0.6) is 0 Å². The molecule has 1 aliphatic carbocycles. The number of hydrogen-bond acceptors (Lipinski definition) is 4. The molecule has 0 radical (unpaired) electrons. The predicted molar refractivity (Wildman–Crippen MR) is 118 cm³/mol. The summed E-state index contributed by atoms with van der Waals surface area (Å²) in [5.74, 6) is -0.450. The lowest BCUT2D eigenvalue weighted by Crippen LogP contribution is -2.54. The van der Waals surface area contributed by atoms with Crippen LogP contribution in [-0.4, -0.2) is 29.7 Å². The molecule has 0 unspecified atom stereocenters. The second kappa shape index (κ2) is 8.06. The Balaban J connectivity index is 1.83. The van der Waals surface area contributed by atoms with E-state index in [4.69, 9.17) is 0 Å². The molecule has 1 fully saturated rings. The summed E-state index contributed by atoms with van der Waals surface area (Å²) in [5.41, 5.74) is -0.667. The fourth-order valence-electron chi connectivity index (χ4n) is 3.96. The molecule has 0 saturated heterocycles. The van der Waals surface area contributed by atoms with Gasteiger partial charge in [0, 0.05) is 17.6 Å². The third kappa shape index (κ3) is 3.95. The summed E-state index contributed by atoms with van der Waals surface area (Å²) in [6.45, 7) is 3.08. The third-order valence-electron chi connectivity index (χ3n) is 6.22. The van der Waals surface area contributed by atoms with E-state index in [1.807, 2.05) is 4.57 Å². The molecule has 0 spiro atoms. The summed E-state index contributed by atoms with van der Waals surface area (Å²) >= 11 is 0. The molecule has 0 bridgehead atoms. The van der Waals surface area contributed by atoms with E-state index in [0.29, 0.717) is 22.2 Å². The van der Waals surface area contributed by atoms with E-state index < -0.39 is 32.5 Å². The van der Waals surface area contributed by atoms with Gasteiger partial charge in [-0.2, -0.15) is 23.2 Å². The van der Waals surface area contributed by atoms with Gasteiger partial charge in [-0.25, -0.2) is 12.8 Å². The molecule has 4 rings (SSSR count). The molecule has 1 N–H and O–H groups in total. The van der Waals surface area contributed by atoms with Crippen molar-refractivity contribution in [3.63, 3.8) is 0 Å². The maximum atomic E-state index is 14.3. The van der Waals surface area contributed by atoms with Gasteiger partial charge < -0.3 is 4.57 Å². The van der Waals surface area contributed by atoms with Crippen LogP contribution in [0.15, 0.2) is 35.4 Å². The van der Waals surface area contributed by atoms with Crippen molar-refractivity contribution in [1.82, 2.24) is 14.3 Å². The molecule has 0 atom stereocenters. The fraction of sp³-hybridized carbons (Fsp3) is 0.391. The number of pyridine rings is 1. The van der Waals surface area contributed by atoms with Gasteiger partial charge in [-0.15, -0.1) is 0 Å². The van der Waals surface area contributed by atoms with E-state index in [2.05, 4.69) is 11.1 Å². The highest BCUT2D eigenvalue weighted by Gasteiger charge is 2.49. The van der Waals surface area contributed by atoms with Gasteiger partial charge in [-0.05, 0) is 69.9 Å². The quantitative estimate of drug-likeness (QED) is 0.484. The van der Waals surface area contributed by atoms with Gasteiger partial charge in [0.1, 0.15) is 22.3 Å². The molecule has 6 nitrogen and oxygen atoms in total. The zero-order valence-electron chi connectivity index (χ0n) is 18.7. The molecular formula is C23H22F4N4O2S. The molecule has 1 saturated carbocycles. The Morgan fingerprint density at radius 1 is 1.21 bits per heavy atom. The van der Waals surface area contributed by atoms with Gasteiger partial charge in [-0.1, -0.05) is 0 Å². The van der Waals surface area contributed by atoms with Gasteiger partial charge in [0.2, 0.25) is 10.0 Å². The molecule has 3 aromatic rings. The number of nitrogens with zero attached hydrogens (tertiary/aromatic N) is 3. The average molecular weight is 495 g/mol. The number of rotatable bonds is 5. The van der Waals surface area contributed by atoms with Gasteiger partial charge in [0.15, 0.2) is 0 Å². The van der Waals surface area contributed by atoms with Crippen LogP contribution in [0.25, 0.3) is 22.3 Å². The van der Waals surface area contributed by atoms with Gasteiger partial charge in [-0.3, -0.25) is 4.98 Å².